The SMILES string of the molecule is CCNC(=O)[C@@H](C)N(Cc1cccc(Br)c1)C(=O)CN(c1cc(Cl)cc(Cl)c1)S(C)(=O)=O. The number of nitrogens with one attached hydrogen (secondary N) is 1. The first-order chi connectivity index (χ1) is 14.9. The lowest BCUT2D eigenvalue weighted by Gasteiger charge is -2.31. The summed E-state index contributed by atoms with van der Waals surface area (Å²) in [6, 6.07) is 10.8. The molecule has 0 fully saturated rings. The van der Waals surface area contributed by atoms with Gasteiger partial charge < -0.3 is 10.2 Å². The van der Waals surface area contributed by atoms with E-state index in [1.54, 1.807) is 13.8 Å². The Morgan fingerprint density at radius 3 is 2.28 bits per heavy atom. The first-order valence-corrected chi connectivity index (χ1v) is 13.1. The molecule has 1 atom stereocenters. The van der Waals surface area contributed by atoms with Gasteiger partial charge in [0.2, 0.25) is 21.8 Å². The van der Waals surface area contributed by atoms with E-state index in [-0.39, 0.29) is 28.2 Å². The zero-order chi connectivity index (χ0) is 24.1. The molecule has 2 aromatic rings. The van der Waals surface area contributed by atoms with E-state index in [2.05, 4.69) is 21.2 Å². The Morgan fingerprint density at radius 2 is 1.75 bits per heavy atom. The van der Waals surface area contributed by atoms with Crippen molar-refractivity contribution < 1.29 is 18.0 Å². The molecule has 2 amide bonds. The molecule has 0 spiro atoms. The molecule has 32 heavy (non-hydrogen) atoms. The predicted molar refractivity (Wildman–Crippen MR) is 131 cm³/mol. The maximum Gasteiger partial charge on any atom is 0.244 e. The highest BCUT2D eigenvalue weighted by molar-refractivity contribution is 9.10. The number of hydrogen-bond acceptors (Lipinski definition) is 4. The lowest BCUT2D eigenvalue weighted by atomic mass is 10.1. The number of likely N-dealkylation sites (N-methyl/N-ethyl adjacent to an activating group) is 1. The fourth-order valence-corrected chi connectivity index (χ4v) is 4.83. The number of sulfonamides is 1. The van der Waals surface area contributed by atoms with Crippen LogP contribution in [0.15, 0.2) is 46.9 Å². The lowest BCUT2D eigenvalue weighted by molar-refractivity contribution is -0.139. The summed E-state index contributed by atoms with van der Waals surface area (Å²) in [5.74, 6) is -0.891. The minimum absolute atomic E-state index is 0.116. The van der Waals surface area contributed by atoms with Crippen LogP contribution in [0.3, 0.4) is 0 Å². The van der Waals surface area contributed by atoms with E-state index in [0.717, 1.165) is 20.6 Å². The molecule has 11 heteroatoms. The fourth-order valence-electron chi connectivity index (χ4n) is 3.03. The second kappa shape index (κ2) is 11.4. The highest BCUT2D eigenvalue weighted by Crippen LogP contribution is 2.27. The van der Waals surface area contributed by atoms with Gasteiger partial charge in [-0.3, -0.25) is 13.9 Å². The Balaban J connectivity index is 2.42. The van der Waals surface area contributed by atoms with Crippen LogP contribution in [-0.4, -0.2) is 50.5 Å². The van der Waals surface area contributed by atoms with Gasteiger partial charge in [0.05, 0.1) is 11.9 Å². The van der Waals surface area contributed by atoms with Crippen molar-refractivity contribution in [2.75, 3.05) is 23.7 Å². The number of nitrogens with zero attached hydrogens (tertiary/aromatic N) is 2. The van der Waals surface area contributed by atoms with Gasteiger partial charge in [0, 0.05) is 27.6 Å². The number of carbonyl (C=O) groups excluding carboxylic acids is 2. The number of halogens is 3. The minimum Gasteiger partial charge on any atom is -0.355 e. The third-order valence-electron chi connectivity index (χ3n) is 4.57. The van der Waals surface area contributed by atoms with E-state index in [1.807, 2.05) is 24.3 Å². The van der Waals surface area contributed by atoms with Crippen LogP contribution in [0.5, 0.6) is 0 Å². The van der Waals surface area contributed by atoms with Crippen molar-refractivity contribution in [1.82, 2.24) is 10.2 Å². The van der Waals surface area contributed by atoms with Gasteiger partial charge >= 0.3 is 0 Å². The summed E-state index contributed by atoms with van der Waals surface area (Å²) < 4.78 is 26.8. The highest BCUT2D eigenvalue weighted by Gasteiger charge is 2.30. The van der Waals surface area contributed by atoms with Gasteiger partial charge in [-0.25, -0.2) is 8.42 Å². The summed E-state index contributed by atoms with van der Waals surface area (Å²) in [5, 5.41) is 3.16. The molecule has 2 aromatic carbocycles. The number of rotatable bonds is 9. The quantitative estimate of drug-likeness (QED) is 0.497. The van der Waals surface area contributed by atoms with Crippen LogP contribution in [-0.2, 0) is 26.2 Å². The van der Waals surface area contributed by atoms with Crippen LogP contribution in [0.25, 0.3) is 0 Å². The van der Waals surface area contributed by atoms with E-state index in [1.165, 1.54) is 23.1 Å². The zero-order valence-corrected chi connectivity index (χ0v) is 21.7. The molecule has 1 N–H and O–H groups in total. The van der Waals surface area contributed by atoms with Crippen molar-refractivity contribution in [3.63, 3.8) is 0 Å². The molecule has 0 saturated carbocycles. The summed E-state index contributed by atoms with van der Waals surface area (Å²) in [7, 11) is -3.86. The van der Waals surface area contributed by atoms with E-state index >= 15 is 0 Å². The van der Waals surface area contributed by atoms with Gasteiger partial charge in [-0.2, -0.15) is 0 Å². The standard InChI is InChI=1S/C21H24BrCl2N3O4S/c1-4-25-21(29)14(2)26(12-15-6-5-7-16(22)8-15)20(28)13-27(32(3,30)31)19-10-17(23)9-18(24)11-19/h5-11,14H,4,12-13H2,1-3H3,(H,25,29)/t14-/m1/s1. The van der Waals surface area contributed by atoms with E-state index in [9.17, 15) is 18.0 Å². The summed E-state index contributed by atoms with van der Waals surface area (Å²) in [6.07, 6.45) is 0.987. The second-order valence-electron chi connectivity index (χ2n) is 7.12. The average Bonchev–Trinajstić information content (AvgIpc) is 2.68. The largest absolute Gasteiger partial charge is 0.355 e. The van der Waals surface area contributed by atoms with E-state index in [4.69, 9.17) is 23.2 Å². The van der Waals surface area contributed by atoms with Crippen LogP contribution in [0.1, 0.15) is 19.4 Å². The first-order valence-electron chi connectivity index (χ1n) is 9.67. The number of anilines is 1. The van der Waals surface area contributed by atoms with Gasteiger partial charge in [0.25, 0.3) is 0 Å². The van der Waals surface area contributed by atoms with Crippen molar-refractivity contribution in [2.24, 2.45) is 0 Å². The topological polar surface area (TPSA) is 86.8 Å². The average molecular weight is 565 g/mol. The number of carbonyl (C=O) groups is 2. The fraction of sp³-hybridized carbons (Fsp3) is 0.333. The monoisotopic (exact) mass is 563 g/mol. The molecule has 0 aliphatic heterocycles. The molecular weight excluding hydrogens is 541 g/mol. The number of amides is 2. The Hall–Kier alpha value is -1.81. The van der Waals surface area contributed by atoms with Crippen LogP contribution >= 0.6 is 39.1 Å². The maximum atomic E-state index is 13.3. The van der Waals surface area contributed by atoms with Gasteiger partial charge in [0.1, 0.15) is 12.6 Å². The van der Waals surface area contributed by atoms with Crippen molar-refractivity contribution in [3.8, 4) is 0 Å². The zero-order valence-electron chi connectivity index (χ0n) is 17.8. The lowest BCUT2D eigenvalue weighted by Crippen LogP contribution is -2.51. The van der Waals surface area contributed by atoms with Gasteiger partial charge in [-0.05, 0) is 49.7 Å². The molecule has 0 aliphatic carbocycles. The molecule has 7 nitrogen and oxygen atoms in total. The molecule has 0 aliphatic rings. The van der Waals surface area contributed by atoms with Crippen molar-refractivity contribution in [2.45, 2.75) is 26.4 Å². The smallest absolute Gasteiger partial charge is 0.244 e. The molecule has 174 valence electrons. The summed E-state index contributed by atoms with van der Waals surface area (Å²) >= 11 is 15.5. The summed E-state index contributed by atoms with van der Waals surface area (Å²) in [5.41, 5.74) is 0.937. The van der Waals surface area contributed by atoms with Crippen molar-refractivity contribution in [3.05, 3.63) is 62.5 Å². The predicted octanol–water partition coefficient (Wildman–Crippen LogP) is 4.08. The molecule has 0 heterocycles. The third-order valence-corrected chi connectivity index (χ3v) is 6.65. The molecule has 0 saturated heterocycles. The molecule has 0 aromatic heterocycles. The second-order valence-corrected chi connectivity index (χ2v) is 10.8. The molecule has 2 rings (SSSR count). The Kier molecular flexibility index (Phi) is 9.39. The number of hydrogen-bond donors (Lipinski definition) is 1. The van der Waals surface area contributed by atoms with E-state index < -0.39 is 28.5 Å². The normalized spacial score (nSPS) is 12.2. The van der Waals surface area contributed by atoms with Crippen LogP contribution in [0.4, 0.5) is 5.69 Å². The Bertz CT molecular complexity index is 1080. The first kappa shape index (κ1) is 26.4. The number of benzene rings is 2. The Morgan fingerprint density at radius 1 is 1.12 bits per heavy atom. The minimum atomic E-state index is -3.86. The summed E-state index contributed by atoms with van der Waals surface area (Å²) in [6.45, 7) is 3.37. The molecule has 0 radical (unpaired) electrons. The Labute approximate surface area is 206 Å². The van der Waals surface area contributed by atoms with Crippen LogP contribution in [0.2, 0.25) is 10.0 Å². The highest BCUT2D eigenvalue weighted by atomic mass is 79.9. The van der Waals surface area contributed by atoms with Gasteiger partial charge in [-0.1, -0.05) is 51.3 Å². The maximum absolute atomic E-state index is 13.3. The summed E-state index contributed by atoms with van der Waals surface area (Å²) in [4.78, 5) is 27.2. The van der Waals surface area contributed by atoms with Crippen molar-refractivity contribution >= 4 is 66.7 Å². The van der Waals surface area contributed by atoms with Crippen LogP contribution < -0.4 is 9.62 Å². The van der Waals surface area contributed by atoms with E-state index in [0.29, 0.717) is 6.54 Å². The van der Waals surface area contributed by atoms with Gasteiger partial charge in [-0.15, -0.1) is 0 Å². The molecule has 0 unspecified atom stereocenters. The van der Waals surface area contributed by atoms with Gasteiger partial charge in [0.15, 0.2) is 0 Å². The van der Waals surface area contributed by atoms with Crippen LogP contribution in [0, 0.1) is 0 Å². The molecular formula is C21H24BrCl2N3O4S. The van der Waals surface area contributed by atoms with Crippen molar-refractivity contribution in [1.29, 1.82) is 0 Å². The molecule has 0 bridgehead atoms. The third kappa shape index (κ3) is 7.37.